The van der Waals surface area contributed by atoms with Gasteiger partial charge in [-0.2, -0.15) is 0 Å². The molecule has 15 heavy (non-hydrogen) atoms. The molecule has 1 aromatic rings. The molecule has 6 heteroatoms. The van der Waals surface area contributed by atoms with Gasteiger partial charge in [-0.15, -0.1) is 0 Å². The van der Waals surface area contributed by atoms with Gasteiger partial charge in [0.2, 0.25) is 5.91 Å². The molecule has 1 amide bonds. The number of carbonyl (C=O) groups is 1. The highest BCUT2D eigenvalue weighted by Gasteiger charge is 2.05. The van der Waals surface area contributed by atoms with E-state index in [4.69, 9.17) is 17.3 Å². The molecule has 0 heterocycles. The van der Waals surface area contributed by atoms with Crippen LogP contribution >= 0.6 is 23.8 Å². The van der Waals surface area contributed by atoms with Crippen LogP contribution in [0.1, 0.15) is 6.42 Å². The maximum Gasteiger partial charge on any atom is 0.231 e. The van der Waals surface area contributed by atoms with E-state index in [0.29, 0.717) is 5.69 Å². The Morgan fingerprint density at radius 3 is 2.80 bits per heavy atom. The Balaban J connectivity index is 2.69. The van der Waals surface area contributed by atoms with Gasteiger partial charge in [0.15, 0.2) is 0 Å². The van der Waals surface area contributed by atoms with E-state index in [9.17, 15) is 9.18 Å². The molecule has 0 spiro atoms. The highest BCUT2D eigenvalue weighted by molar-refractivity contribution is 7.80. The Hall–Kier alpha value is -1.20. The Labute approximate surface area is 96.4 Å². The summed E-state index contributed by atoms with van der Waals surface area (Å²) < 4.78 is 12.8. The number of hydrogen-bond acceptors (Lipinski definition) is 2. The number of nitrogens with one attached hydrogen (secondary N) is 1. The summed E-state index contributed by atoms with van der Waals surface area (Å²) in [4.78, 5) is 11.3. The van der Waals surface area contributed by atoms with Crippen LogP contribution in [0.25, 0.3) is 0 Å². The van der Waals surface area contributed by atoms with Gasteiger partial charge in [-0.3, -0.25) is 4.79 Å². The van der Waals surface area contributed by atoms with Crippen molar-refractivity contribution in [3.05, 3.63) is 29.0 Å². The van der Waals surface area contributed by atoms with Crippen molar-refractivity contribution in [1.29, 1.82) is 0 Å². The lowest BCUT2D eigenvalue weighted by atomic mass is 10.3. The molecule has 0 aliphatic heterocycles. The van der Waals surface area contributed by atoms with E-state index in [0.717, 1.165) is 0 Å². The molecule has 3 nitrogen and oxygen atoms in total. The smallest absolute Gasteiger partial charge is 0.231 e. The molecule has 3 N–H and O–H groups in total. The molecule has 0 aliphatic carbocycles. The Kier molecular flexibility index (Phi) is 3.99. The third-order valence-electron chi connectivity index (χ3n) is 1.54. The first kappa shape index (κ1) is 11.9. The van der Waals surface area contributed by atoms with Crippen molar-refractivity contribution in [3.8, 4) is 0 Å². The van der Waals surface area contributed by atoms with Crippen LogP contribution in [0.4, 0.5) is 10.1 Å². The number of benzene rings is 1. The quantitative estimate of drug-likeness (QED) is 0.803. The summed E-state index contributed by atoms with van der Waals surface area (Å²) in [6, 6.07) is 3.88. The third kappa shape index (κ3) is 3.81. The summed E-state index contributed by atoms with van der Waals surface area (Å²) in [6.45, 7) is 0. The highest BCUT2D eigenvalue weighted by Crippen LogP contribution is 2.19. The number of nitrogens with two attached hydrogens (primary N) is 1. The Morgan fingerprint density at radius 1 is 1.60 bits per heavy atom. The molecule has 0 aliphatic rings. The zero-order valence-corrected chi connectivity index (χ0v) is 9.16. The van der Waals surface area contributed by atoms with Crippen molar-refractivity contribution in [1.82, 2.24) is 0 Å². The SMILES string of the molecule is NC(=S)CC(=O)Nc1ccc(F)c(Cl)c1. The van der Waals surface area contributed by atoms with Crippen LogP contribution in [0.3, 0.4) is 0 Å². The lowest BCUT2D eigenvalue weighted by Crippen LogP contribution is -2.20. The van der Waals surface area contributed by atoms with Crippen molar-refractivity contribution in [2.45, 2.75) is 6.42 Å². The summed E-state index contributed by atoms with van der Waals surface area (Å²) in [7, 11) is 0. The van der Waals surface area contributed by atoms with E-state index in [2.05, 4.69) is 17.5 Å². The molecule has 0 bridgehead atoms. The lowest BCUT2D eigenvalue weighted by molar-refractivity contribution is -0.115. The summed E-state index contributed by atoms with van der Waals surface area (Å²) >= 11 is 10.1. The largest absolute Gasteiger partial charge is 0.393 e. The van der Waals surface area contributed by atoms with Crippen LogP contribution in [-0.4, -0.2) is 10.9 Å². The minimum absolute atomic E-state index is 0.0513. The molecule has 0 saturated carbocycles. The monoisotopic (exact) mass is 246 g/mol. The normalized spacial score (nSPS) is 9.73. The van der Waals surface area contributed by atoms with Crippen molar-refractivity contribution in [3.63, 3.8) is 0 Å². The van der Waals surface area contributed by atoms with Gasteiger partial charge in [0, 0.05) is 5.69 Å². The third-order valence-corrected chi connectivity index (χ3v) is 1.97. The number of halogens is 2. The first-order valence-corrected chi connectivity index (χ1v) is 4.81. The van der Waals surface area contributed by atoms with Crippen LogP contribution in [0.5, 0.6) is 0 Å². The minimum atomic E-state index is -0.538. The van der Waals surface area contributed by atoms with Crippen LogP contribution < -0.4 is 11.1 Å². The van der Waals surface area contributed by atoms with Gasteiger partial charge in [-0.25, -0.2) is 4.39 Å². The van der Waals surface area contributed by atoms with Gasteiger partial charge in [-0.05, 0) is 18.2 Å². The molecule has 80 valence electrons. The van der Waals surface area contributed by atoms with Gasteiger partial charge < -0.3 is 11.1 Å². The fourth-order valence-corrected chi connectivity index (χ4v) is 1.25. The zero-order chi connectivity index (χ0) is 11.4. The van der Waals surface area contributed by atoms with Crippen LogP contribution in [0.15, 0.2) is 18.2 Å². The predicted octanol–water partition coefficient (Wildman–Crippen LogP) is 2.09. The molecule has 1 aromatic carbocycles. The topological polar surface area (TPSA) is 55.1 Å². The summed E-state index contributed by atoms with van der Waals surface area (Å²) in [5.74, 6) is -0.894. The average molecular weight is 247 g/mol. The second kappa shape index (κ2) is 5.04. The van der Waals surface area contributed by atoms with E-state index < -0.39 is 5.82 Å². The molecule has 0 fully saturated rings. The maximum absolute atomic E-state index is 12.8. The first-order valence-electron chi connectivity index (χ1n) is 4.02. The number of amides is 1. The molecular formula is C9H8ClFN2OS. The van der Waals surface area contributed by atoms with Gasteiger partial charge in [0.25, 0.3) is 0 Å². The molecule has 1 rings (SSSR count). The first-order chi connectivity index (χ1) is 6.99. The molecule has 0 radical (unpaired) electrons. The van der Waals surface area contributed by atoms with E-state index >= 15 is 0 Å². The molecule has 0 aromatic heterocycles. The van der Waals surface area contributed by atoms with Gasteiger partial charge in [-0.1, -0.05) is 23.8 Å². The van der Waals surface area contributed by atoms with Crippen molar-refractivity contribution >= 4 is 40.4 Å². The fourth-order valence-electron chi connectivity index (χ4n) is 0.937. The standard InChI is InChI=1S/C9H8ClFN2OS/c10-6-3-5(1-2-7(6)11)13-9(14)4-8(12)15/h1-3H,4H2,(H2,12,15)(H,13,14). The number of anilines is 1. The average Bonchev–Trinajstić information content (AvgIpc) is 2.10. The van der Waals surface area contributed by atoms with Crippen molar-refractivity contribution in [2.75, 3.05) is 5.32 Å². The van der Waals surface area contributed by atoms with Crippen molar-refractivity contribution < 1.29 is 9.18 Å². The summed E-state index contributed by atoms with van der Waals surface area (Å²) in [6.07, 6.45) is -0.0513. The second-order valence-electron chi connectivity index (χ2n) is 2.82. The van der Waals surface area contributed by atoms with Crippen LogP contribution in [0.2, 0.25) is 5.02 Å². The van der Waals surface area contributed by atoms with Crippen molar-refractivity contribution in [2.24, 2.45) is 5.73 Å². The van der Waals surface area contributed by atoms with E-state index in [-0.39, 0.29) is 22.3 Å². The molecule has 0 unspecified atom stereocenters. The summed E-state index contributed by atoms with van der Waals surface area (Å²) in [5, 5.41) is 2.43. The number of hydrogen-bond donors (Lipinski definition) is 2. The Bertz CT molecular complexity index is 411. The van der Waals surface area contributed by atoms with E-state index in [1.54, 1.807) is 0 Å². The lowest BCUT2D eigenvalue weighted by Gasteiger charge is -2.04. The fraction of sp³-hybridized carbons (Fsp3) is 0.111. The van der Waals surface area contributed by atoms with E-state index in [1.165, 1.54) is 18.2 Å². The highest BCUT2D eigenvalue weighted by atomic mass is 35.5. The molecule has 0 saturated heterocycles. The minimum Gasteiger partial charge on any atom is -0.393 e. The number of carbonyl (C=O) groups excluding carboxylic acids is 1. The number of thiocarbonyl (C=S) groups is 1. The Morgan fingerprint density at radius 2 is 2.27 bits per heavy atom. The van der Waals surface area contributed by atoms with Crippen LogP contribution in [-0.2, 0) is 4.79 Å². The summed E-state index contributed by atoms with van der Waals surface area (Å²) in [5.41, 5.74) is 5.59. The van der Waals surface area contributed by atoms with Crippen LogP contribution in [0, 0.1) is 5.82 Å². The van der Waals surface area contributed by atoms with E-state index in [1.807, 2.05) is 0 Å². The predicted molar refractivity (Wildman–Crippen MR) is 61.4 cm³/mol. The van der Waals surface area contributed by atoms with Gasteiger partial charge in [0.05, 0.1) is 16.4 Å². The zero-order valence-electron chi connectivity index (χ0n) is 7.59. The van der Waals surface area contributed by atoms with Gasteiger partial charge >= 0.3 is 0 Å². The molecule has 0 atom stereocenters. The second-order valence-corrected chi connectivity index (χ2v) is 3.75. The number of rotatable bonds is 3. The molecular weight excluding hydrogens is 239 g/mol. The maximum atomic E-state index is 12.8. The van der Waals surface area contributed by atoms with Gasteiger partial charge in [0.1, 0.15) is 5.82 Å².